The number of nitrogens with two attached hydrogens (primary N) is 1. The zero-order chi connectivity index (χ0) is 13.1. The first-order valence-electron chi connectivity index (χ1n) is 5.52. The monoisotopic (exact) mass is 279 g/mol. The largest absolute Gasteiger partial charge is 0.330 e. The van der Waals surface area contributed by atoms with E-state index in [9.17, 15) is 8.42 Å². The van der Waals surface area contributed by atoms with Gasteiger partial charge in [-0.2, -0.15) is 5.10 Å². The Morgan fingerprint density at radius 1 is 1.47 bits per heavy atom. The van der Waals surface area contributed by atoms with Crippen molar-refractivity contribution in [2.75, 3.05) is 12.3 Å². The van der Waals surface area contributed by atoms with Crippen LogP contribution in [0.25, 0.3) is 0 Å². The van der Waals surface area contributed by atoms with Gasteiger partial charge in [-0.1, -0.05) is 18.5 Å². The van der Waals surface area contributed by atoms with Gasteiger partial charge in [0.25, 0.3) is 0 Å². The molecule has 17 heavy (non-hydrogen) atoms. The minimum Gasteiger partial charge on any atom is -0.330 e. The Balaban J connectivity index is 2.92. The fraction of sp³-hybridized carbons (Fsp3) is 0.700. The van der Waals surface area contributed by atoms with Crippen molar-refractivity contribution < 1.29 is 8.42 Å². The second kappa shape index (κ2) is 5.84. The average molecular weight is 280 g/mol. The molecule has 1 aromatic rings. The molecule has 0 amide bonds. The number of aryl methyl sites for hydroxylation is 2. The predicted octanol–water partition coefficient (Wildman–Crippen LogP) is 0.899. The molecule has 0 aliphatic carbocycles. The van der Waals surface area contributed by atoms with Gasteiger partial charge in [0.05, 0.1) is 27.9 Å². The van der Waals surface area contributed by atoms with E-state index in [4.69, 9.17) is 17.3 Å². The third kappa shape index (κ3) is 3.69. The van der Waals surface area contributed by atoms with Gasteiger partial charge < -0.3 is 5.73 Å². The molecule has 0 saturated heterocycles. The average Bonchev–Trinajstić information content (AvgIpc) is 2.53. The highest BCUT2D eigenvalue weighted by atomic mass is 35.5. The maximum atomic E-state index is 11.8. The van der Waals surface area contributed by atoms with Crippen molar-refractivity contribution in [2.24, 2.45) is 12.8 Å². The normalized spacial score (nSPS) is 12.0. The van der Waals surface area contributed by atoms with Gasteiger partial charge in [-0.25, -0.2) is 8.42 Å². The van der Waals surface area contributed by atoms with Crippen LogP contribution in [0.3, 0.4) is 0 Å². The van der Waals surface area contributed by atoms with E-state index in [1.54, 1.807) is 11.7 Å². The Labute approximate surface area is 107 Å². The zero-order valence-electron chi connectivity index (χ0n) is 10.1. The SMILES string of the molecule is CCc1nn(C)c(CS(=O)(=O)CCCN)c1Cl. The summed E-state index contributed by atoms with van der Waals surface area (Å²) in [6.07, 6.45) is 1.16. The van der Waals surface area contributed by atoms with Crippen LogP contribution < -0.4 is 5.73 Å². The van der Waals surface area contributed by atoms with Gasteiger partial charge in [0, 0.05) is 7.05 Å². The molecular formula is C10H18ClN3O2S. The van der Waals surface area contributed by atoms with Crippen molar-refractivity contribution in [3.8, 4) is 0 Å². The number of nitrogens with zero attached hydrogens (tertiary/aromatic N) is 2. The molecule has 0 aliphatic heterocycles. The maximum Gasteiger partial charge on any atom is 0.156 e. The lowest BCUT2D eigenvalue weighted by molar-refractivity contribution is 0.589. The predicted molar refractivity (Wildman–Crippen MR) is 68.8 cm³/mol. The van der Waals surface area contributed by atoms with Crippen molar-refractivity contribution >= 4 is 21.4 Å². The van der Waals surface area contributed by atoms with Gasteiger partial charge in [-0.15, -0.1) is 0 Å². The quantitative estimate of drug-likeness (QED) is 0.839. The van der Waals surface area contributed by atoms with E-state index in [0.717, 1.165) is 5.69 Å². The van der Waals surface area contributed by atoms with Gasteiger partial charge in [-0.05, 0) is 19.4 Å². The summed E-state index contributed by atoms with van der Waals surface area (Å²) < 4.78 is 25.2. The van der Waals surface area contributed by atoms with Crippen molar-refractivity contribution in [3.05, 3.63) is 16.4 Å². The highest BCUT2D eigenvalue weighted by Crippen LogP contribution is 2.22. The van der Waals surface area contributed by atoms with E-state index < -0.39 is 9.84 Å². The number of aromatic nitrogens is 2. The number of halogens is 1. The summed E-state index contributed by atoms with van der Waals surface area (Å²) in [7, 11) is -1.45. The Bertz CT molecular complexity index is 482. The minimum atomic E-state index is -3.16. The third-order valence-corrected chi connectivity index (χ3v) is 4.58. The van der Waals surface area contributed by atoms with E-state index in [0.29, 0.717) is 30.1 Å². The van der Waals surface area contributed by atoms with Crippen LogP contribution in [0.4, 0.5) is 0 Å². The van der Waals surface area contributed by atoms with Gasteiger partial charge in [0.1, 0.15) is 0 Å². The lowest BCUT2D eigenvalue weighted by Crippen LogP contribution is -2.15. The molecule has 0 bridgehead atoms. The van der Waals surface area contributed by atoms with Gasteiger partial charge in [0.2, 0.25) is 0 Å². The Morgan fingerprint density at radius 3 is 2.59 bits per heavy atom. The van der Waals surface area contributed by atoms with Crippen LogP contribution in [0.1, 0.15) is 24.7 Å². The molecule has 0 fully saturated rings. The van der Waals surface area contributed by atoms with Crippen LogP contribution in [0.2, 0.25) is 5.02 Å². The minimum absolute atomic E-state index is 0.0741. The van der Waals surface area contributed by atoms with Crippen LogP contribution in [-0.4, -0.2) is 30.5 Å². The number of hydrogen-bond donors (Lipinski definition) is 1. The van der Waals surface area contributed by atoms with Crippen LogP contribution in [0, 0.1) is 0 Å². The van der Waals surface area contributed by atoms with E-state index in [-0.39, 0.29) is 11.5 Å². The molecule has 2 N–H and O–H groups in total. The summed E-state index contributed by atoms with van der Waals surface area (Å²) in [4.78, 5) is 0. The maximum absolute atomic E-state index is 11.8. The van der Waals surface area contributed by atoms with Crippen LogP contribution >= 0.6 is 11.6 Å². The molecule has 0 spiro atoms. The molecule has 0 saturated carbocycles. The smallest absolute Gasteiger partial charge is 0.156 e. The fourth-order valence-electron chi connectivity index (χ4n) is 1.56. The number of rotatable bonds is 6. The number of sulfone groups is 1. The van der Waals surface area contributed by atoms with Crippen molar-refractivity contribution in [1.29, 1.82) is 0 Å². The first-order chi connectivity index (χ1) is 7.91. The van der Waals surface area contributed by atoms with Crippen LogP contribution in [-0.2, 0) is 29.1 Å². The van der Waals surface area contributed by atoms with Crippen LogP contribution in [0.15, 0.2) is 0 Å². The van der Waals surface area contributed by atoms with Crippen molar-refractivity contribution in [3.63, 3.8) is 0 Å². The molecule has 0 unspecified atom stereocenters. The first kappa shape index (κ1) is 14.5. The van der Waals surface area contributed by atoms with Gasteiger partial charge in [0.15, 0.2) is 9.84 Å². The van der Waals surface area contributed by atoms with E-state index in [1.807, 2.05) is 6.92 Å². The Kier molecular flexibility index (Phi) is 4.97. The molecule has 0 aromatic carbocycles. The van der Waals surface area contributed by atoms with Crippen LogP contribution in [0.5, 0.6) is 0 Å². The Morgan fingerprint density at radius 2 is 2.12 bits per heavy atom. The molecule has 1 rings (SSSR count). The standard InChI is InChI=1S/C10H18ClN3O2S/c1-3-8-10(11)9(14(2)13-8)7-17(15,16)6-4-5-12/h3-7,12H2,1-2H3. The molecule has 0 radical (unpaired) electrons. The summed E-state index contributed by atoms with van der Waals surface area (Å²) in [5.74, 6) is 0.0157. The summed E-state index contributed by atoms with van der Waals surface area (Å²) in [5.41, 5.74) is 6.60. The molecule has 0 atom stereocenters. The molecular weight excluding hydrogens is 262 g/mol. The van der Waals surface area contributed by atoms with Crippen molar-refractivity contribution in [2.45, 2.75) is 25.5 Å². The van der Waals surface area contributed by atoms with Gasteiger partial charge >= 0.3 is 0 Å². The molecule has 5 nitrogen and oxygen atoms in total. The summed E-state index contributed by atoms with van der Waals surface area (Å²) in [6.45, 7) is 2.31. The zero-order valence-corrected chi connectivity index (χ0v) is 11.7. The molecule has 0 aliphatic rings. The van der Waals surface area contributed by atoms with E-state index >= 15 is 0 Å². The molecule has 98 valence electrons. The molecule has 1 aromatic heterocycles. The third-order valence-electron chi connectivity index (χ3n) is 2.52. The summed E-state index contributed by atoms with van der Waals surface area (Å²) >= 11 is 6.10. The van der Waals surface area contributed by atoms with E-state index in [2.05, 4.69) is 5.10 Å². The topological polar surface area (TPSA) is 78.0 Å². The van der Waals surface area contributed by atoms with E-state index in [1.165, 1.54) is 0 Å². The highest BCUT2D eigenvalue weighted by molar-refractivity contribution is 7.90. The summed E-state index contributed by atoms with van der Waals surface area (Å²) in [5, 5.41) is 4.65. The van der Waals surface area contributed by atoms with Crippen molar-refractivity contribution in [1.82, 2.24) is 9.78 Å². The molecule has 7 heteroatoms. The molecule has 1 heterocycles. The highest BCUT2D eigenvalue weighted by Gasteiger charge is 2.19. The Hall–Kier alpha value is -0.590. The fourth-order valence-corrected chi connectivity index (χ4v) is 3.50. The summed E-state index contributed by atoms with van der Waals surface area (Å²) in [6, 6.07) is 0. The lowest BCUT2D eigenvalue weighted by atomic mass is 10.3. The second-order valence-electron chi connectivity index (χ2n) is 3.92. The first-order valence-corrected chi connectivity index (χ1v) is 7.72. The van der Waals surface area contributed by atoms with Gasteiger partial charge in [-0.3, -0.25) is 4.68 Å². The second-order valence-corrected chi connectivity index (χ2v) is 6.48. The number of hydrogen-bond acceptors (Lipinski definition) is 4. The lowest BCUT2D eigenvalue weighted by Gasteiger charge is -2.04.